The van der Waals surface area contributed by atoms with Crippen molar-refractivity contribution in [2.24, 2.45) is 11.0 Å². The molecule has 1 N–H and O–H groups in total. The Hall–Kier alpha value is -2.39. The first-order chi connectivity index (χ1) is 13.1. The largest absolute Gasteiger partial charge is 0.446 e. The number of alkyl halides is 4. The summed E-state index contributed by atoms with van der Waals surface area (Å²) in [6, 6.07) is 2.44. The average molecular weight is 405 g/mol. The van der Waals surface area contributed by atoms with E-state index in [9.17, 15) is 26.7 Å². The van der Waals surface area contributed by atoms with Crippen molar-refractivity contribution in [2.75, 3.05) is 6.54 Å². The number of carbonyl (C=O) groups is 1. The number of rotatable bonds is 7. The summed E-state index contributed by atoms with van der Waals surface area (Å²) in [5.41, 5.74) is 2.68. The van der Waals surface area contributed by atoms with Crippen LogP contribution in [0.3, 0.4) is 0 Å². The van der Waals surface area contributed by atoms with Gasteiger partial charge in [0, 0.05) is 42.6 Å². The molecule has 1 amide bonds. The van der Waals surface area contributed by atoms with Crippen molar-refractivity contribution < 1.29 is 31.5 Å². The van der Waals surface area contributed by atoms with Crippen LogP contribution in [-0.4, -0.2) is 35.6 Å². The van der Waals surface area contributed by atoms with Crippen molar-refractivity contribution in [2.45, 2.75) is 51.8 Å². The maximum Gasteiger partial charge on any atom is 0.314 e. The lowest BCUT2D eigenvalue weighted by molar-refractivity contribution is -0.0275. The SMILES string of the molecule is CCC(F)(F)C[C@H](C)CN1Cc2c(F)cc(C3NN=C(C(F)F)O3)cc2C1=O. The van der Waals surface area contributed by atoms with E-state index >= 15 is 0 Å². The molecule has 0 aliphatic carbocycles. The first-order valence-corrected chi connectivity index (χ1v) is 8.88. The van der Waals surface area contributed by atoms with E-state index in [1.165, 1.54) is 17.9 Å². The van der Waals surface area contributed by atoms with Crippen molar-refractivity contribution >= 4 is 11.8 Å². The summed E-state index contributed by atoms with van der Waals surface area (Å²) in [6.45, 7) is 3.04. The molecule has 2 aliphatic rings. The first kappa shape index (κ1) is 20.3. The van der Waals surface area contributed by atoms with Gasteiger partial charge in [0.05, 0.1) is 0 Å². The van der Waals surface area contributed by atoms with Gasteiger partial charge in [-0.15, -0.1) is 5.10 Å². The minimum Gasteiger partial charge on any atom is -0.446 e. The van der Waals surface area contributed by atoms with Crippen LogP contribution in [0.25, 0.3) is 0 Å². The van der Waals surface area contributed by atoms with Gasteiger partial charge in [-0.3, -0.25) is 10.2 Å². The molecule has 154 valence electrons. The second kappa shape index (κ2) is 7.56. The van der Waals surface area contributed by atoms with Crippen LogP contribution in [0.5, 0.6) is 0 Å². The van der Waals surface area contributed by atoms with E-state index in [4.69, 9.17) is 4.74 Å². The number of fused-ring (bicyclic) bond motifs is 1. The number of hydrazone groups is 1. The van der Waals surface area contributed by atoms with Crippen molar-refractivity contribution in [1.82, 2.24) is 10.3 Å². The molecule has 0 saturated heterocycles. The quantitative estimate of drug-likeness (QED) is 0.697. The second-order valence-corrected chi connectivity index (χ2v) is 7.11. The van der Waals surface area contributed by atoms with Crippen LogP contribution in [-0.2, 0) is 11.3 Å². The van der Waals surface area contributed by atoms with E-state index in [1.807, 2.05) is 0 Å². The summed E-state index contributed by atoms with van der Waals surface area (Å²) < 4.78 is 71.8. The summed E-state index contributed by atoms with van der Waals surface area (Å²) in [5, 5.41) is 3.34. The third-order valence-corrected chi connectivity index (χ3v) is 4.80. The molecule has 0 bridgehead atoms. The molecule has 1 aromatic carbocycles. The standard InChI is InChI=1S/C18H20F5N3O2/c1-3-18(22,23)6-9(2)7-26-8-12-11(17(26)27)4-10(5-13(12)19)15-24-25-16(28-15)14(20)21/h4-5,9,14-15,24H,3,6-8H2,1-2H3/t9-,15?/m0/s1. The maximum absolute atomic E-state index is 14.5. The lowest BCUT2D eigenvalue weighted by Gasteiger charge is -2.24. The summed E-state index contributed by atoms with van der Waals surface area (Å²) in [7, 11) is 0. The number of nitrogens with zero attached hydrogens (tertiary/aromatic N) is 2. The number of hydrogen-bond donors (Lipinski definition) is 1. The zero-order valence-electron chi connectivity index (χ0n) is 15.3. The van der Waals surface area contributed by atoms with E-state index in [0.717, 1.165) is 6.07 Å². The highest BCUT2D eigenvalue weighted by atomic mass is 19.3. The predicted octanol–water partition coefficient (Wildman–Crippen LogP) is 4.05. The Labute approximate surface area is 158 Å². The zero-order valence-corrected chi connectivity index (χ0v) is 15.3. The van der Waals surface area contributed by atoms with Gasteiger partial charge in [0.1, 0.15) is 5.82 Å². The van der Waals surface area contributed by atoms with Gasteiger partial charge in [-0.2, -0.15) is 8.78 Å². The molecular weight excluding hydrogens is 385 g/mol. The highest BCUT2D eigenvalue weighted by Crippen LogP contribution is 2.33. The minimum atomic E-state index is -2.92. The molecule has 1 unspecified atom stereocenters. The Morgan fingerprint density at radius 1 is 1.39 bits per heavy atom. The van der Waals surface area contributed by atoms with Crippen LogP contribution in [0, 0.1) is 11.7 Å². The maximum atomic E-state index is 14.5. The first-order valence-electron chi connectivity index (χ1n) is 8.88. The molecule has 3 rings (SSSR count). The number of hydrogen-bond acceptors (Lipinski definition) is 4. The van der Waals surface area contributed by atoms with E-state index in [0.29, 0.717) is 0 Å². The Kier molecular flexibility index (Phi) is 5.49. The molecule has 2 atom stereocenters. The van der Waals surface area contributed by atoms with Gasteiger partial charge in [0.15, 0.2) is 0 Å². The smallest absolute Gasteiger partial charge is 0.314 e. The normalized spacial score (nSPS) is 20.1. The van der Waals surface area contributed by atoms with Gasteiger partial charge in [-0.1, -0.05) is 13.8 Å². The number of ether oxygens (including phenoxy) is 1. The fraction of sp³-hybridized carbons (Fsp3) is 0.556. The van der Waals surface area contributed by atoms with Gasteiger partial charge in [-0.25, -0.2) is 13.2 Å². The fourth-order valence-electron chi connectivity index (χ4n) is 3.37. The summed E-state index contributed by atoms with van der Waals surface area (Å²) in [4.78, 5) is 13.9. The van der Waals surface area contributed by atoms with E-state index in [-0.39, 0.29) is 42.6 Å². The van der Waals surface area contributed by atoms with Crippen molar-refractivity contribution in [3.05, 3.63) is 34.6 Å². The fourth-order valence-corrected chi connectivity index (χ4v) is 3.37. The molecule has 28 heavy (non-hydrogen) atoms. The lowest BCUT2D eigenvalue weighted by Crippen LogP contribution is -2.31. The highest BCUT2D eigenvalue weighted by Gasteiger charge is 2.36. The number of amides is 1. The highest BCUT2D eigenvalue weighted by molar-refractivity contribution is 5.98. The van der Waals surface area contributed by atoms with Gasteiger partial charge in [0.25, 0.3) is 11.8 Å². The topological polar surface area (TPSA) is 53.9 Å². The van der Waals surface area contributed by atoms with Crippen LogP contribution < -0.4 is 5.43 Å². The van der Waals surface area contributed by atoms with E-state index < -0.39 is 42.1 Å². The summed E-state index contributed by atoms with van der Waals surface area (Å²) in [5.74, 6) is -5.29. The van der Waals surface area contributed by atoms with E-state index in [2.05, 4.69) is 10.5 Å². The molecule has 0 saturated carbocycles. The molecule has 0 fully saturated rings. The molecule has 1 aromatic rings. The monoisotopic (exact) mass is 405 g/mol. The lowest BCUT2D eigenvalue weighted by atomic mass is 10.0. The van der Waals surface area contributed by atoms with Crippen molar-refractivity contribution in [3.8, 4) is 0 Å². The number of halogens is 5. The molecule has 0 aromatic heterocycles. The Morgan fingerprint density at radius 3 is 2.71 bits per heavy atom. The van der Waals surface area contributed by atoms with Gasteiger partial charge < -0.3 is 9.64 Å². The van der Waals surface area contributed by atoms with Crippen molar-refractivity contribution in [3.63, 3.8) is 0 Å². The molecule has 0 radical (unpaired) electrons. The third-order valence-electron chi connectivity index (χ3n) is 4.80. The molecular formula is C18H20F5N3O2. The minimum absolute atomic E-state index is 0.0277. The Balaban J connectivity index is 1.73. The molecule has 5 nitrogen and oxygen atoms in total. The zero-order chi connectivity index (χ0) is 20.6. The van der Waals surface area contributed by atoms with Crippen LogP contribution in [0.2, 0.25) is 0 Å². The molecule has 0 spiro atoms. The van der Waals surface area contributed by atoms with Gasteiger partial charge in [-0.05, 0) is 18.1 Å². The number of nitrogens with one attached hydrogen (secondary N) is 1. The summed E-state index contributed by atoms with van der Waals surface area (Å²) >= 11 is 0. The second-order valence-electron chi connectivity index (χ2n) is 7.11. The molecule has 2 heterocycles. The van der Waals surface area contributed by atoms with Crippen LogP contribution in [0.4, 0.5) is 22.0 Å². The number of carbonyl (C=O) groups excluding carboxylic acids is 1. The molecule has 2 aliphatic heterocycles. The van der Waals surface area contributed by atoms with E-state index in [1.54, 1.807) is 6.92 Å². The average Bonchev–Trinajstić information content (AvgIpc) is 3.22. The number of benzene rings is 1. The van der Waals surface area contributed by atoms with Crippen LogP contribution >= 0.6 is 0 Å². The molecule has 10 heteroatoms. The van der Waals surface area contributed by atoms with Gasteiger partial charge >= 0.3 is 6.43 Å². The van der Waals surface area contributed by atoms with Crippen molar-refractivity contribution in [1.29, 1.82) is 0 Å². The third kappa shape index (κ3) is 4.05. The predicted molar refractivity (Wildman–Crippen MR) is 90.6 cm³/mol. The Morgan fingerprint density at radius 2 is 2.11 bits per heavy atom. The Bertz CT molecular complexity index is 800. The van der Waals surface area contributed by atoms with Gasteiger partial charge in [0.2, 0.25) is 12.2 Å². The van der Waals surface area contributed by atoms with Crippen LogP contribution in [0.15, 0.2) is 17.2 Å². The van der Waals surface area contributed by atoms with Crippen LogP contribution in [0.1, 0.15) is 54.4 Å². The summed E-state index contributed by atoms with van der Waals surface area (Å²) in [6.07, 6.45) is -4.71.